The van der Waals surface area contributed by atoms with Crippen LogP contribution in [0.1, 0.15) is 12.8 Å². The quantitative estimate of drug-likeness (QED) is 0.417. The van der Waals surface area contributed by atoms with E-state index in [0.717, 1.165) is 0 Å². The van der Waals surface area contributed by atoms with Crippen LogP contribution in [0.2, 0.25) is 0 Å². The summed E-state index contributed by atoms with van der Waals surface area (Å²) in [6.07, 6.45) is -1.00. The molecule has 0 aliphatic rings. The molecule has 1 aromatic rings. The Morgan fingerprint density at radius 3 is 2.16 bits per heavy atom. The Morgan fingerprint density at radius 1 is 1.16 bits per heavy atom. The second-order valence-electron chi connectivity index (χ2n) is 3.47. The van der Waals surface area contributed by atoms with Gasteiger partial charge in [-0.3, -0.25) is 4.79 Å². The SMILES string of the molecule is Nc1ccc(S(=O)(=O)NC(=O)CCC(=O)[O-])cc1.[Na+]. The van der Waals surface area contributed by atoms with Crippen molar-refractivity contribution in [1.82, 2.24) is 4.72 Å². The van der Waals surface area contributed by atoms with Crippen molar-refractivity contribution in [2.45, 2.75) is 17.7 Å². The molecule has 0 atom stereocenters. The number of hydrogen-bond donors (Lipinski definition) is 2. The number of nitrogens with one attached hydrogen (secondary N) is 1. The largest absolute Gasteiger partial charge is 1.00 e. The van der Waals surface area contributed by atoms with Crippen molar-refractivity contribution in [1.29, 1.82) is 0 Å². The van der Waals surface area contributed by atoms with E-state index in [1.54, 1.807) is 4.72 Å². The number of aliphatic carboxylic acids is 1. The van der Waals surface area contributed by atoms with Crippen LogP contribution in [0.3, 0.4) is 0 Å². The van der Waals surface area contributed by atoms with Gasteiger partial charge in [0.1, 0.15) is 0 Å². The Labute approximate surface area is 132 Å². The maximum absolute atomic E-state index is 11.7. The Kier molecular flexibility index (Phi) is 7.06. The molecule has 0 bridgehead atoms. The fourth-order valence-corrected chi connectivity index (χ4v) is 2.14. The maximum atomic E-state index is 11.7. The summed E-state index contributed by atoms with van der Waals surface area (Å²) in [6, 6.07) is 5.23. The van der Waals surface area contributed by atoms with Crippen LogP contribution in [-0.2, 0) is 19.6 Å². The van der Waals surface area contributed by atoms with E-state index in [0.29, 0.717) is 5.69 Å². The standard InChI is InChI=1S/C10H12N2O5S.Na/c11-7-1-3-8(4-2-7)18(16,17)12-9(13)5-6-10(14)15;/h1-4H,5-6,11H2,(H,12,13)(H,14,15);/q;+1/p-1. The second-order valence-corrected chi connectivity index (χ2v) is 5.15. The molecule has 9 heteroatoms. The number of carboxylic acids is 1. The number of benzene rings is 1. The van der Waals surface area contributed by atoms with Crippen LogP contribution in [0, 0.1) is 0 Å². The third kappa shape index (κ3) is 6.06. The van der Waals surface area contributed by atoms with Gasteiger partial charge in [-0.2, -0.15) is 0 Å². The molecule has 1 amide bonds. The molecule has 0 radical (unpaired) electrons. The van der Waals surface area contributed by atoms with E-state index in [-0.39, 0.29) is 34.5 Å². The van der Waals surface area contributed by atoms with Gasteiger partial charge < -0.3 is 15.6 Å². The van der Waals surface area contributed by atoms with Crippen molar-refractivity contribution in [2.75, 3.05) is 5.73 Å². The number of hydrogen-bond acceptors (Lipinski definition) is 6. The summed E-state index contributed by atoms with van der Waals surface area (Å²) in [5.41, 5.74) is 5.78. The topological polar surface area (TPSA) is 129 Å². The normalized spacial score (nSPS) is 10.3. The van der Waals surface area contributed by atoms with Gasteiger partial charge in [0.25, 0.3) is 10.0 Å². The van der Waals surface area contributed by atoms with E-state index in [1.807, 2.05) is 0 Å². The van der Waals surface area contributed by atoms with Crippen molar-refractivity contribution < 1.29 is 52.7 Å². The summed E-state index contributed by atoms with van der Waals surface area (Å²) in [5.74, 6) is -2.33. The first kappa shape index (κ1) is 17.9. The smallest absolute Gasteiger partial charge is 0.550 e. The van der Waals surface area contributed by atoms with E-state index in [9.17, 15) is 23.1 Å². The van der Waals surface area contributed by atoms with Gasteiger partial charge in [0.15, 0.2) is 0 Å². The van der Waals surface area contributed by atoms with Crippen LogP contribution in [0.5, 0.6) is 0 Å². The van der Waals surface area contributed by atoms with Crippen LogP contribution in [0.25, 0.3) is 0 Å². The van der Waals surface area contributed by atoms with Gasteiger partial charge in [0.2, 0.25) is 5.91 Å². The van der Waals surface area contributed by atoms with Crippen molar-refractivity contribution in [2.24, 2.45) is 0 Å². The Bertz CT molecular complexity index is 556. The van der Waals surface area contributed by atoms with Gasteiger partial charge in [-0.05, 0) is 30.7 Å². The van der Waals surface area contributed by atoms with Gasteiger partial charge in [0.05, 0.1) is 4.90 Å². The third-order valence-electron chi connectivity index (χ3n) is 1.99. The average Bonchev–Trinajstić information content (AvgIpc) is 2.26. The van der Waals surface area contributed by atoms with Crippen LogP contribution in [-0.4, -0.2) is 20.3 Å². The Hall–Kier alpha value is -1.09. The number of amides is 1. The molecular weight excluding hydrogens is 283 g/mol. The molecule has 0 unspecified atom stereocenters. The van der Waals surface area contributed by atoms with Crippen molar-refractivity contribution in [3.63, 3.8) is 0 Å². The first-order valence-corrected chi connectivity index (χ1v) is 6.40. The molecule has 0 saturated heterocycles. The van der Waals surface area contributed by atoms with E-state index >= 15 is 0 Å². The van der Waals surface area contributed by atoms with Crippen LogP contribution >= 0.6 is 0 Å². The second kappa shape index (κ2) is 7.49. The maximum Gasteiger partial charge on any atom is 1.00 e. The molecule has 98 valence electrons. The molecule has 0 aliphatic heterocycles. The van der Waals surface area contributed by atoms with E-state index in [1.165, 1.54) is 24.3 Å². The summed E-state index contributed by atoms with van der Waals surface area (Å²) < 4.78 is 25.1. The molecule has 0 spiro atoms. The number of rotatable bonds is 5. The van der Waals surface area contributed by atoms with Gasteiger partial charge in [-0.1, -0.05) is 0 Å². The Balaban J connectivity index is 0.00000324. The first-order chi connectivity index (χ1) is 8.31. The predicted molar refractivity (Wildman–Crippen MR) is 60.4 cm³/mol. The summed E-state index contributed by atoms with van der Waals surface area (Å²) in [7, 11) is -3.99. The zero-order valence-electron chi connectivity index (χ0n) is 10.3. The van der Waals surface area contributed by atoms with E-state index in [2.05, 4.69) is 0 Å². The van der Waals surface area contributed by atoms with Crippen LogP contribution in [0.15, 0.2) is 29.2 Å². The Morgan fingerprint density at radius 2 is 1.68 bits per heavy atom. The van der Waals surface area contributed by atoms with E-state index < -0.39 is 34.7 Å². The van der Waals surface area contributed by atoms with Crippen LogP contribution in [0.4, 0.5) is 5.69 Å². The zero-order chi connectivity index (χ0) is 13.8. The molecule has 3 N–H and O–H groups in total. The molecule has 19 heavy (non-hydrogen) atoms. The number of sulfonamides is 1. The molecule has 0 aliphatic carbocycles. The number of carbonyl (C=O) groups excluding carboxylic acids is 2. The minimum absolute atomic E-state index is 0. The summed E-state index contributed by atoms with van der Waals surface area (Å²) >= 11 is 0. The van der Waals surface area contributed by atoms with Gasteiger partial charge >= 0.3 is 29.6 Å². The molecule has 0 saturated carbocycles. The van der Waals surface area contributed by atoms with Crippen molar-refractivity contribution in [3.8, 4) is 0 Å². The average molecular weight is 294 g/mol. The summed E-state index contributed by atoms with van der Waals surface area (Å²) in [5, 5.41) is 10.1. The summed E-state index contributed by atoms with van der Waals surface area (Å²) in [6.45, 7) is 0. The summed E-state index contributed by atoms with van der Waals surface area (Å²) in [4.78, 5) is 21.2. The third-order valence-corrected chi connectivity index (χ3v) is 3.38. The number of carbonyl (C=O) groups is 2. The van der Waals surface area contributed by atoms with Gasteiger partial charge in [-0.25, -0.2) is 13.1 Å². The molecule has 0 aromatic heterocycles. The fourth-order valence-electron chi connectivity index (χ4n) is 1.12. The minimum Gasteiger partial charge on any atom is -0.550 e. The monoisotopic (exact) mass is 294 g/mol. The number of carboxylic acid groups (broad SMARTS) is 1. The molecule has 0 fully saturated rings. The van der Waals surface area contributed by atoms with Crippen molar-refractivity contribution >= 4 is 27.6 Å². The molecular formula is C10H11N2NaO5S. The number of nitrogens with two attached hydrogens (primary N) is 1. The molecule has 0 heterocycles. The van der Waals surface area contributed by atoms with Gasteiger partial charge in [-0.15, -0.1) is 0 Å². The molecule has 1 aromatic carbocycles. The fraction of sp³-hybridized carbons (Fsp3) is 0.200. The molecule has 7 nitrogen and oxygen atoms in total. The van der Waals surface area contributed by atoms with Crippen LogP contribution < -0.4 is 45.1 Å². The molecule has 1 rings (SSSR count). The minimum atomic E-state index is -3.99. The number of nitrogen functional groups attached to an aromatic ring is 1. The first-order valence-electron chi connectivity index (χ1n) is 4.92. The van der Waals surface area contributed by atoms with Gasteiger partial charge in [0, 0.05) is 18.1 Å². The van der Waals surface area contributed by atoms with Crippen molar-refractivity contribution in [3.05, 3.63) is 24.3 Å². The zero-order valence-corrected chi connectivity index (χ0v) is 13.1. The predicted octanol–water partition coefficient (Wildman–Crippen LogP) is -4.39. The van der Waals surface area contributed by atoms with E-state index in [4.69, 9.17) is 5.73 Å². The number of anilines is 1.